The molecule has 0 aliphatic carbocycles. The monoisotopic (exact) mass is 293 g/mol. The molecule has 0 aromatic heterocycles. The van der Waals surface area contributed by atoms with Crippen molar-refractivity contribution in [3.8, 4) is 5.75 Å². The van der Waals surface area contributed by atoms with Crippen LogP contribution in [0.5, 0.6) is 5.75 Å². The molecule has 0 bridgehead atoms. The second-order valence-electron chi connectivity index (χ2n) is 5.08. The lowest BCUT2D eigenvalue weighted by Crippen LogP contribution is -2.47. The lowest BCUT2D eigenvalue weighted by atomic mass is 10.1. The number of methoxy groups -OCH3 is 1. The van der Waals surface area contributed by atoms with Crippen LogP contribution < -0.4 is 15.4 Å². The van der Waals surface area contributed by atoms with E-state index >= 15 is 0 Å². The van der Waals surface area contributed by atoms with Crippen LogP contribution in [-0.4, -0.2) is 49.7 Å². The van der Waals surface area contributed by atoms with E-state index in [0.29, 0.717) is 4.99 Å². The highest BCUT2D eigenvalue weighted by Gasteiger charge is 2.20. The molecule has 0 spiro atoms. The van der Waals surface area contributed by atoms with Gasteiger partial charge < -0.3 is 15.4 Å². The average molecular weight is 293 g/mol. The van der Waals surface area contributed by atoms with Crippen LogP contribution in [0, 0.1) is 0 Å². The van der Waals surface area contributed by atoms with Gasteiger partial charge in [0, 0.05) is 37.8 Å². The number of thiocarbonyl (C=S) groups is 1. The van der Waals surface area contributed by atoms with E-state index in [-0.39, 0.29) is 0 Å². The summed E-state index contributed by atoms with van der Waals surface area (Å²) < 4.78 is 5.32. The Balaban J connectivity index is 2.17. The van der Waals surface area contributed by atoms with Crippen molar-refractivity contribution in [3.63, 3.8) is 0 Å². The zero-order valence-electron chi connectivity index (χ0n) is 12.3. The second kappa shape index (κ2) is 6.90. The molecule has 2 N–H and O–H groups in total. The van der Waals surface area contributed by atoms with E-state index in [1.54, 1.807) is 7.11 Å². The van der Waals surface area contributed by atoms with Crippen molar-refractivity contribution in [1.29, 1.82) is 0 Å². The van der Waals surface area contributed by atoms with Gasteiger partial charge in [0.05, 0.1) is 12.8 Å². The molecule has 1 heterocycles. The van der Waals surface area contributed by atoms with Gasteiger partial charge in [-0.05, 0) is 25.1 Å². The van der Waals surface area contributed by atoms with Crippen LogP contribution in [0.1, 0.15) is 18.9 Å². The molecule has 0 atom stereocenters. The van der Waals surface area contributed by atoms with Gasteiger partial charge in [-0.1, -0.05) is 19.1 Å². The normalized spacial score (nSPS) is 16.2. The van der Waals surface area contributed by atoms with E-state index in [9.17, 15) is 0 Å². The van der Waals surface area contributed by atoms with Crippen molar-refractivity contribution < 1.29 is 4.74 Å². The van der Waals surface area contributed by atoms with Crippen molar-refractivity contribution in [2.24, 2.45) is 5.73 Å². The summed E-state index contributed by atoms with van der Waals surface area (Å²) in [4.78, 5) is 5.29. The van der Waals surface area contributed by atoms with Gasteiger partial charge >= 0.3 is 0 Å². The minimum absolute atomic E-state index is 0.443. The van der Waals surface area contributed by atoms with Gasteiger partial charge in [0.25, 0.3) is 0 Å². The Kier molecular flexibility index (Phi) is 5.20. The summed E-state index contributed by atoms with van der Waals surface area (Å²) in [5.74, 6) is 0.844. The van der Waals surface area contributed by atoms with Crippen LogP contribution >= 0.6 is 12.2 Å². The van der Waals surface area contributed by atoms with E-state index in [1.807, 2.05) is 18.2 Å². The van der Waals surface area contributed by atoms with Gasteiger partial charge in [-0.3, -0.25) is 4.90 Å². The number of rotatable bonds is 5. The Morgan fingerprint density at radius 2 is 2.00 bits per heavy atom. The number of benzene rings is 1. The summed E-state index contributed by atoms with van der Waals surface area (Å²) in [5, 5.41) is 0. The first-order chi connectivity index (χ1) is 9.65. The maximum atomic E-state index is 5.84. The van der Waals surface area contributed by atoms with E-state index in [1.165, 1.54) is 13.0 Å². The number of piperazine rings is 1. The Morgan fingerprint density at radius 3 is 2.55 bits per heavy atom. The summed E-state index contributed by atoms with van der Waals surface area (Å²) >= 11 is 5.16. The number of anilines is 1. The summed E-state index contributed by atoms with van der Waals surface area (Å²) in [7, 11) is 1.68. The fraction of sp³-hybridized carbons (Fsp3) is 0.533. The van der Waals surface area contributed by atoms with Gasteiger partial charge in [0.1, 0.15) is 10.7 Å². The molecule has 20 heavy (non-hydrogen) atoms. The minimum atomic E-state index is 0.443. The van der Waals surface area contributed by atoms with E-state index in [2.05, 4.69) is 16.7 Å². The van der Waals surface area contributed by atoms with E-state index in [0.717, 1.165) is 43.2 Å². The van der Waals surface area contributed by atoms with Crippen LogP contribution in [0.4, 0.5) is 5.69 Å². The number of nitrogens with two attached hydrogens (primary N) is 1. The Labute approximate surface area is 126 Å². The van der Waals surface area contributed by atoms with Crippen LogP contribution in [0.3, 0.4) is 0 Å². The molecular formula is C15H23N3OS. The second-order valence-corrected chi connectivity index (χ2v) is 5.52. The summed E-state index contributed by atoms with van der Waals surface area (Å²) in [6, 6.07) is 5.89. The average Bonchev–Trinajstić information content (AvgIpc) is 2.47. The lowest BCUT2D eigenvalue weighted by molar-refractivity contribution is 0.258. The zero-order valence-corrected chi connectivity index (χ0v) is 13.1. The third-order valence-corrected chi connectivity index (χ3v) is 3.94. The molecule has 1 aliphatic heterocycles. The molecule has 0 saturated carbocycles. The van der Waals surface area contributed by atoms with Crippen molar-refractivity contribution in [2.75, 3.05) is 44.7 Å². The molecular weight excluding hydrogens is 270 g/mol. The van der Waals surface area contributed by atoms with Crippen LogP contribution in [-0.2, 0) is 0 Å². The van der Waals surface area contributed by atoms with Crippen molar-refractivity contribution in [1.82, 2.24) is 4.90 Å². The molecule has 5 heteroatoms. The van der Waals surface area contributed by atoms with Crippen molar-refractivity contribution >= 4 is 22.9 Å². The fourth-order valence-electron chi connectivity index (χ4n) is 2.64. The maximum Gasteiger partial charge on any atom is 0.120 e. The highest BCUT2D eigenvalue weighted by atomic mass is 32.1. The molecule has 0 unspecified atom stereocenters. The van der Waals surface area contributed by atoms with Crippen LogP contribution in [0.15, 0.2) is 18.2 Å². The lowest BCUT2D eigenvalue weighted by Gasteiger charge is -2.36. The first-order valence-corrected chi connectivity index (χ1v) is 7.51. The molecule has 1 aliphatic rings. The molecule has 4 nitrogen and oxygen atoms in total. The van der Waals surface area contributed by atoms with E-state index < -0.39 is 0 Å². The Hall–Kier alpha value is -1.33. The highest BCUT2D eigenvalue weighted by Crippen LogP contribution is 2.27. The number of nitrogens with zero attached hydrogens (tertiary/aromatic N) is 2. The molecule has 1 aromatic carbocycles. The third-order valence-electron chi connectivity index (χ3n) is 3.72. The van der Waals surface area contributed by atoms with Gasteiger partial charge in [0.15, 0.2) is 0 Å². The third kappa shape index (κ3) is 3.41. The quantitative estimate of drug-likeness (QED) is 0.839. The Bertz CT molecular complexity index is 470. The molecule has 110 valence electrons. The van der Waals surface area contributed by atoms with Crippen molar-refractivity contribution in [2.45, 2.75) is 13.3 Å². The number of ether oxygens (including phenoxy) is 1. The molecule has 2 rings (SSSR count). The van der Waals surface area contributed by atoms with Crippen LogP contribution in [0.2, 0.25) is 0 Å². The first-order valence-electron chi connectivity index (χ1n) is 7.11. The molecule has 1 saturated heterocycles. The maximum absolute atomic E-state index is 5.84. The van der Waals surface area contributed by atoms with Gasteiger partial charge in [0.2, 0.25) is 0 Å². The predicted molar refractivity (Wildman–Crippen MR) is 87.8 cm³/mol. The van der Waals surface area contributed by atoms with Crippen molar-refractivity contribution in [3.05, 3.63) is 23.8 Å². The van der Waals surface area contributed by atoms with Gasteiger partial charge in [-0.15, -0.1) is 0 Å². The topological polar surface area (TPSA) is 41.7 Å². The summed E-state index contributed by atoms with van der Waals surface area (Å²) in [5.41, 5.74) is 7.87. The Morgan fingerprint density at radius 1 is 1.30 bits per heavy atom. The smallest absolute Gasteiger partial charge is 0.120 e. The highest BCUT2D eigenvalue weighted by molar-refractivity contribution is 7.80. The summed E-state index contributed by atoms with van der Waals surface area (Å²) in [6.07, 6.45) is 1.21. The van der Waals surface area contributed by atoms with Gasteiger partial charge in [-0.25, -0.2) is 0 Å². The van der Waals surface area contributed by atoms with Crippen LogP contribution in [0.25, 0.3) is 0 Å². The molecule has 1 fully saturated rings. The molecule has 0 amide bonds. The number of hydrogen-bond donors (Lipinski definition) is 1. The SMILES string of the molecule is CCCN1CCN(c2cc(OC)ccc2C(N)=S)CC1. The number of hydrogen-bond acceptors (Lipinski definition) is 4. The zero-order chi connectivity index (χ0) is 14.5. The predicted octanol–water partition coefficient (Wildman–Crippen LogP) is 1.86. The summed E-state index contributed by atoms with van der Waals surface area (Å²) in [6.45, 7) is 7.57. The molecule has 1 aromatic rings. The largest absolute Gasteiger partial charge is 0.497 e. The standard InChI is InChI=1S/C15H23N3OS/c1-3-6-17-7-9-18(10-8-17)14-11-12(19-2)4-5-13(14)15(16)20/h4-5,11H,3,6-10H2,1-2H3,(H2,16,20). The molecule has 0 radical (unpaired) electrons. The first kappa shape index (κ1) is 15.1. The van der Waals surface area contributed by atoms with E-state index in [4.69, 9.17) is 22.7 Å². The minimum Gasteiger partial charge on any atom is -0.497 e. The van der Waals surface area contributed by atoms with Gasteiger partial charge in [-0.2, -0.15) is 0 Å². The fourth-order valence-corrected chi connectivity index (χ4v) is 2.81.